The van der Waals surface area contributed by atoms with E-state index in [1.165, 1.54) is 6.92 Å². The average molecular weight is 561 g/mol. The van der Waals surface area contributed by atoms with Crippen molar-refractivity contribution < 1.29 is 43.5 Å². The average Bonchev–Trinajstić information content (AvgIpc) is 3.45. The van der Waals surface area contributed by atoms with E-state index in [0.717, 1.165) is 11.1 Å². The SMILES string of the molecule is CC(=O)OC1CC(C(C)C(O)C2CC(C)C(=O)O2)=C2CC[C@]3(O)C[C@]45OC(=O)C[C@H]4OC(C)(C)[C@@H]5CC[C@@H]3[C@]21C. The molecule has 3 heterocycles. The lowest BCUT2D eigenvalue weighted by molar-refractivity contribution is -0.178. The van der Waals surface area contributed by atoms with Crippen molar-refractivity contribution in [3.63, 3.8) is 0 Å². The van der Waals surface area contributed by atoms with Crippen LogP contribution in [0, 0.1) is 29.1 Å². The molecule has 2 N–H and O–H groups in total. The summed E-state index contributed by atoms with van der Waals surface area (Å²) in [6.45, 7) is 11.4. The summed E-state index contributed by atoms with van der Waals surface area (Å²) >= 11 is 0. The summed E-state index contributed by atoms with van der Waals surface area (Å²) in [6, 6.07) is 0. The predicted molar refractivity (Wildman–Crippen MR) is 142 cm³/mol. The zero-order chi connectivity index (χ0) is 29.0. The molecule has 0 amide bonds. The number of aliphatic hydroxyl groups excluding tert-OH is 1. The molecule has 11 atom stereocenters. The first-order valence-corrected chi connectivity index (χ1v) is 15.0. The Labute approximate surface area is 235 Å². The molecular formula is C31H44O9. The number of carbonyl (C=O) groups excluding carboxylic acids is 3. The first kappa shape index (κ1) is 28.2. The van der Waals surface area contributed by atoms with Crippen LogP contribution in [0.25, 0.3) is 0 Å². The third kappa shape index (κ3) is 3.86. The first-order chi connectivity index (χ1) is 18.6. The van der Waals surface area contributed by atoms with Gasteiger partial charge in [-0.05, 0) is 46.0 Å². The van der Waals surface area contributed by atoms with Gasteiger partial charge in [-0.3, -0.25) is 14.4 Å². The Hall–Kier alpha value is -1.97. The number of fused-ring (bicyclic) bond motifs is 3. The quantitative estimate of drug-likeness (QED) is 0.302. The van der Waals surface area contributed by atoms with Crippen LogP contribution in [-0.2, 0) is 33.3 Å². The zero-order valence-electron chi connectivity index (χ0n) is 24.5. The summed E-state index contributed by atoms with van der Waals surface area (Å²) in [5.74, 6) is -1.79. The Bertz CT molecular complexity index is 1160. The maximum absolute atomic E-state index is 12.5. The minimum Gasteiger partial charge on any atom is -0.461 e. The molecule has 6 aliphatic rings. The van der Waals surface area contributed by atoms with Gasteiger partial charge in [0.15, 0.2) is 0 Å². The molecule has 1 spiro atoms. The van der Waals surface area contributed by atoms with E-state index < -0.39 is 40.5 Å². The van der Waals surface area contributed by atoms with Gasteiger partial charge in [0.1, 0.15) is 23.9 Å². The Morgan fingerprint density at radius 3 is 2.48 bits per heavy atom. The van der Waals surface area contributed by atoms with Crippen LogP contribution in [0.5, 0.6) is 0 Å². The maximum Gasteiger partial charge on any atom is 0.309 e. The van der Waals surface area contributed by atoms with Gasteiger partial charge < -0.3 is 29.2 Å². The number of ether oxygens (including phenoxy) is 4. The smallest absolute Gasteiger partial charge is 0.309 e. The van der Waals surface area contributed by atoms with Crippen molar-refractivity contribution in [3.8, 4) is 0 Å². The van der Waals surface area contributed by atoms with Crippen LogP contribution in [0.1, 0.15) is 92.9 Å². The van der Waals surface area contributed by atoms with Crippen LogP contribution in [0.15, 0.2) is 11.1 Å². The molecule has 9 nitrogen and oxygen atoms in total. The van der Waals surface area contributed by atoms with Crippen molar-refractivity contribution >= 4 is 17.9 Å². The third-order valence-corrected chi connectivity index (χ3v) is 11.7. The lowest BCUT2D eigenvalue weighted by Gasteiger charge is -2.53. The Kier molecular flexibility index (Phi) is 6.35. The van der Waals surface area contributed by atoms with Gasteiger partial charge in [0.25, 0.3) is 0 Å². The normalized spacial score (nSPS) is 46.9. The summed E-state index contributed by atoms with van der Waals surface area (Å²) < 4.78 is 24.0. The second kappa shape index (κ2) is 9.01. The van der Waals surface area contributed by atoms with Crippen molar-refractivity contribution in [2.75, 3.05) is 0 Å². The second-order valence-electron chi connectivity index (χ2n) is 14.3. The Morgan fingerprint density at radius 2 is 1.82 bits per heavy atom. The van der Waals surface area contributed by atoms with Crippen molar-refractivity contribution in [2.45, 2.75) is 134 Å². The molecule has 0 aromatic heterocycles. The van der Waals surface area contributed by atoms with E-state index in [4.69, 9.17) is 18.9 Å². The summed E-state index contributed by atoms with van der Waals surface area (Å²) in [5.41, 5.74) is -0.995. The molecule has 0 radical (unpaired) electrons. The van der Waals surface area contributed by atoms with E-state index in [0.29, 0.717) is 44.9 Å². The van der Waals surface area contributed by atoms with Gasteiger partial charge in [-0.1, -0.05) is 31.9 Å². The summed E-state index contributed by atoms with van der Waals surface area (Å²) in [7, 11) is 0. The van der Waals surface area contributed by atoms with Crippen molar-refractivity contribution in [2.24, 2.45) is 29.1 Å². The van der Waals surface area contributed by atoms with Gasteiger partial charge >= 0.3 is 17.9 Å². The minimum atomic E-state index is -1.15. The van der Waals surface area contributed by atoms with Crippen LogP contribution in [-0.4, -0.2) is 69.3 Å². The van der Waals surface area contributed by atoms with Crippen molar-refractivity contribution in [1.82, 2.24) is 0 Å². The van der Waals surface area contributed by atoms with Gasteiger partial charge in [-0.2, -0.15) is 0 Å². The van der Waals surface area contributed by atoms with Gasteiger partial charge in [-0.15, -0.1) is 0 Å². The molecule has 3 aliphatic carbocycles. The largest absolute Gasteiger partial charge is 0.461 e. The van der Waals surface area contributed by atoms with E-state index in [1.807, 2.05) is 27.7 Å². The molecular weight excluding hydrogens is 516 g/mol. The highest BCUT2D eigenvalue weighted by atomic mass is 16.6. The number of rotatable bonds is 4. The molecule has 0 bridgehead atoms. The van der Waals surface area contributed by atoms with E-state index in [2.05, 4.69) is 6.92 Å². The number of carbonyl (C=O) groups is 3. The van der Waals surface area contributed by atoms with Gasteiger partial charge in [0.05, 0.1) is 29.6 Å². The molecule has 9 heteroatoms. The second-order valence-corrected chi connectivity index (χ2v) is 14.3. The van der Waals surface area contributed by atoms with Crippen LogP contribution < -0.4 is 0 Å². The number of hydrogen-bond donors (Lipinski definition) is 2. The van der Waals surface area contributed by atoms with Crippen molar-refractivity contribution in [1.29, 1.82) is 0 Å². The lowest BCUT2D eigenvalue weighted by atomic mass is 9.55. The van der Waals surface area contributed by atoms with E-state index in [1.54, 1.807) is 0 Å². The van der Waals surface area contributed by atoms with E-state index >= 15 is 0 Å². The fourth-order valence-corrected chi connectivity index (χ4v) is 9.91. The van der Waals surface area contributed by atoms with Crippen LogP contribution >= 0.6 is 0 Å². The van der Waals surface area contributed by atoms with Gasteiger partial charge in [0.2, 0.25) is 0 Å². The molecule has 0 aromatic rings. The molecule has 40 heavy (non-hydrogen) atoms. The number of aliphatic hydroxyl groups is 2. The number of cyclic esters (lactones) is 1. The molecule has 3 saturated heterocycles. The zero-order valence-corrected chi connectivity index (χ0v) is 24.5. The maximum atomic E-state index is 12.5. The molecule has 3 aliphatic heterocycles. The van der Waals surface area contributed by atoms with Crippen LogP contribution in [0.4, 0.5) is 0 Å². The highest BCUT2D eigenvalue weighted by molar-refractivity contribution is 5.74. The van der Waals surface area contributed by atoms with E-state index in [9.17, 15) is 24.6 Å². The van der Waals surface area contributed by atoms with Crippen LogP contribution in [0.2, 0.25) is 0 Å². The summed E-state index contributed by atoms with van der Waals surface area (Å²) in [6.07, 6.45) is 1.55. The number of esters is 3. The lowest BCUT2D eigenvalue weighted by Crippen LogP contribution is -2.57. The third-order valence-electron chi connectivity index (χ3n) is 11.7. The highest BCUT2D eigenvalue weighted by Crippen LogP contribution is 2.67. The van der Waals surface area contributed by atoms with Gasteiger partial charge in [-0.25, -0.2) is 0 Å². The van der Waals surface area contributed by atoms with Crippen molar-refractivity contribution in [3.05, 3.63) is 11.1 Å². The fraction of sp³-hybridized carbons (Fsp3) is 0.839. The molecule has 5 unspecified atom stereocenters. The molecule has 0 aromatic carbocycles. The minimum absolute atomic E-state index is 0.0602. The summed E-state index contributed by atoms with van der Waals surface area (Å²) in [4.78, 5) is 37.0. The predicted octanol–water partition coefficient (Wildman–Crippen LogP) is 3.38. The fourth-order valence-electron chi connectivity index (χ4n) is 9.91. The standard InChI is InChI=1S/C31H44O9/c1-15-11-20(38-27(15)35)26(34)16(2)18-12-23(37-17(3)32)29(6)19(18)9-10-30(36)14-31-21(7-8-22(29)30)28(4,5)39-24(31)13-25(33)40-31/h15-16,20-24,26,34,36H,7-14H2,1-6H3/t15?,16?,20?,21-,22+,23?,24+,26?,29-,30-,31+/m0/s1. The first-order valence-electron chi connectivity index (χ1n) is 15.0. The van der Waals surface area contributed by atoms with Crippen LogP contribution in [0.3, 0.4) is 0 Å². The highest BCUT2D eigenvalue weighted by Gasteiger charge is 2.72. The Morgan fingerprint density at radius 1 is 1.12 bits per heavy atom. The number of hydrogen-bond acceptors (Lipinski definition) is 9. The molecule has 222 valence electrons. The topological polar surface area (TPSA) is 129 Å². The molecule has 2 saturated carbocycles. The monoisotopic (exact) mass is 560 g/mol. The summed E-state index contributed by atoms with van der Waals surface area (Å²) in [5, 5.41) is 23.9. The molecule has 5 fully saturated rings. The molecule has 6 rings (SSSR count). The van der Waals surface area contributed by atoms with Gasteiger partial charge in [0, 0.05) is 42.9 Å². The van der Waals surface area contributed by atoms with E-state index in [-0.39, 0.29) is 54.1 Å². The Balaban J connectivity index is 1.38.